The zero-order valence-electron chi connectivity index (χ0n) is 23.0. The maximum absolute atomic E-state index is 12.9. The van der Waals surface area contributed by atoms with Gasteiger partial charge in [0.15, 0.2) is 0 Å². The highest BCUT2D eigenvalue weighted by atomic mass is 16.2. The summed E-state index contributed by atoms with van der Waals surface area (Å²) in [5, 5.41) is 5.59. The summed E-state index contributed by atoms with van der Waals surface area (Å²) in [5.41, 5.74) is 17.7. The molecule has 13 heteroatoms. The fourth-order valence-electron chi connectivity index (χ4n) is 5.36. The van der Waals surface area contributed by atoms with Crippen molar-refractivity contribution in [1.82, 2.24) is 24.7 Å². The third-order valence-electron chi connectivity index (χ3n) is 7.69. The molecule has 216 valence electrons. The molecule has 2 heterocycles. The minimum absolute atomic E-state index is 0.0970. The van der Waals surface area contributed by atoms with E-state index < -0.39 is 17.3 Å². The lowest BCUT2D eigenvalue weighted by Crippen LogP contribution is -2.53. The maximum Gasteiger partial charge on any atom is 0.354 e. The summed E-state index contributed by atoms with van der Waals surface area (Å²) in [5.74, 6) is 1.55. The molecule has 1 saturated heterocycles. The molecule has 4 rings (SSSR count). The number of carbonyl (C=O) groups excluding carboxylic acids is 3. The molecular weight excluding hydrogens is 514 g/mol. The number of carbonyl (C=O) groups is 3. The molecule has 1 aromatic heterocycles. The summed E-state index contributed by atoms with van der Waals surface area (Å²) >= 11 is 0. The Morgan fingerprint density at radius 2 is 1.80 bits per heavy atom. The van der Waals surface area contributed by atoms with E-state index >= 15 is 0 Å². The third-order valence-corrected chi connectivity index (χ3v) is 7.69. The largest absolute Gasteiger partial charge is 0.368 e. The van der Waals surface area contributed by atoms with Crippen molar-refractivity contribution in [3.63, 3.8) is 0 Å². The Bertz CT molecular complexity index is 1260. The molecule has 1 aliphatic carbocycles. The standard InChI is InChI=1S/C27H39N9O4/c1-27(2,30)25(39)34(11-8-31-16-37)12-9-32-22-7-10-36(26(40)33-22)18-5-3-17(4-6-18)23(29)24(38)35-14-20-19(13-28)21(20)15-35/h3-7,10,16,19-21,23H,8-9,11-15,28-30H2,1-2H3,(H,31,37)(H,32,33,40). The van der Waals surface area contributed by atoms with Crippen LogP contribution in [0.5, 0.6) is 0 Å². The van der Waals surface area contributed by atoms with Crippen molar-refractivity contribution >= 4 is 24.0 Å². The molecule has 2 aliphatic rings. The van der Waals surface area contributed by atoms with Crippen molar-refractivity contribution < 1.29 is 14.4 Å². The Morgan fingerprint density at radius 3 is 2.38 bits per heavy atom. The Morgan fingerprint density at radius 1 is 1.15 bits per heavy atom. The van der Waals surface area contributed by atoms with Crippen molar-refractivity contribution in [2.75, 3.05) is 51.1 Å². The number of benzene rings is 1. The number of fused-ring (bicyclic) bond motifs is 1. The van der Waals surface area contributed by atoms with Crippen molar-refractivity contribution in [3.8, 4) is 5.69 Å². The first-order valence-electron chi connectivity index (χ1n) is 13.5. The Hall–Kier alpha value is -3.81. The molecule has 0 bridgehead atoms. The van der Waals surface area contributed by atoms with Gasteiger partial charge in [-0.05, 0) is 61.9 Å². The van der Waals surface area contributed by atoms with Gasteiger partial charge in [0.05, 0.1) is 11.2 Å². The molecule has 1 aliphatic heterocycles. The Kier molecular flexibility index (Phi) is 8.86. The molecule has 13 nitrogen and oxygen atoms in total. The number of piperidine rings is 1. The number of aromatic nitrogens is 2. The van der Waals surface area contributed by atoms with Gasteiger partial charge in [0, 0.05) is 45.5 Å². The number of nitrogens with two attached hydrogens (primary N) is 3. The second kappa shape index (κ2) is 12.1. The lowest BCUT2D eigenvalue weighted by molar-refractivity contribution is -0.135. The molecular formula is C27H39N9O4. The second-order valence-electron chi connectivity index (χ2n) is 11.0. The first-order valence-corrected chi connectivity index (χ1v) is 13.5. The number of hydrogen-bond donors (Lipinski definition) is 5. The van der Waals surface area contributed by atoms with E-state index in [2.05, 4.69) is 15.6 Å². The molecule has 1 aromatic carbocycles. The van der Waals surface area contributed by atoms with Gasteiger partial charge in [-0.2, -0.15) is 4.98 Å². The normalized spacial score (nSPS) is 20.4. The lowest BCUT2D eigenvalue weighted by atomic mass is 10.1. The number of likely N-dealkylation sites (tertiary alicyclic amines) is 1. The Balaban J connectivity index is 1.33. The van der Waals surface area contributed by atoms with Crippen molar-refractivity contribution in [2.45, 2.75) is 25.4 Å². The van der Waals surface area contributed by atoms with Gasteiger partial charge in [0.1, 0.15) is 11.9 Å². The van der Waals surface area contributed by atoms with Gasteiger partial charge in [0.25, 0.3) is 0 Å². The molecule has 3 unspecified atom stereocenters. The van der Waals surface area contributed by atoms with E-state index in [4.69, 9.17) is 17.2 Å². The van der Waals surface area contributed by atoms with Gasteiger partial charge in [-0.3, -0.25) is 19.0 Å². The van der Waals surface area contributed by atoms with Crippen LogP contribution in [0.4, 0.5) is 5.82 Å². The minimum atomic E-state index is -1.06. The van der Waals surface area contributed by atoms with Gasteiger partial charge in [0.2, 0.25) is 18.2 Å². The highest BCUT2D eigenvalue weighted by Gasteiger charge is 2.55. The number of nitrogens with one attached hydrogen (secondary N) is 2. The lowest BCUT2D eigenvalue weighted by Gasteiger charge is -2.29. The van der Waals surface area contributed by atoms with E-state index in [-0.39, 0.29) is 11.8 Å². The summed E-state index contributed by atoms with van der Waals surface area (Å²) in [6.45, 7) is 6.57. The number of anilines is 1. The fraction of sp³-hybridized carbons (Fsp3) is 0.519. The number of nitrogens with zero attached hydrogens (tertiary/aromatic N) is 4. The monoisotopic (exact) mass is 553 g/mol. The van der Waals surface area contributed by atoms with Crippen LogP contribution < -0.4 is 33.5 Å². The van der Waals surface area contributed by atoms with Gasteiger partial charge in [-0.1, -0.05) is 12.1 Å². The van der Waals surface area contributed by atoms with Crippen molar-refractivity contribution in [3.05, 3.63) is 52.6 Å². The van der Waals surface area contributed by atoms with Crippen LogP contribution in [0.2, 0.25) is 0 Å². The molecule has 3 amide bonds. The van der Waals surface area contributed by atoms with Crippen LogP contribution in [0, 0.1) is 17.8 Å². The number of amides is 3. The predicted molar refractivity (Wildman–Crippen MR) is 150 cm³/mol. The molecule has 40 heavy (non-hydrogen) atoms. The summed E-state index contributed by atoms with van der Waals surface area (Å²) in [6.07, 6.45) is 2.17. The van der Waals surface area contributed by atoms with Crippen molar-refractivity contribution in [1.29, 1.82) is 0 Å². The zero-order valence-corrected chi connectivity index (χ0v) is 23.0. The molecule has 0 radical (unpaired) electrons. The van der Waals surface area contributed by atoms with E-state index in [1.807, 2.05) is 4.90 Å². The quantitative estimate of drug-likeness (QED) is 0.147. The summed E-state index contributed by atoms with van der Waals surface area (Å²) in [4.78, 5) is 56.3. The van der Waals surface area contributed by atoms with Gasteiger partial charge in [-0.25, -0.2) is 4.79 Å². The second-order valence-corrected chi connectivity index (χ2v) is 11.0. The van der Waals surface area contributed by atoms with Crippen LogP contribution in [-0.4, -0.2) is 88.9 Å². The molecule has 0 spiro atoms. The first kappa shape index (κ1) is 29.2. The van der Waals surface area contributed by atoms with Crippen LogP contribution in [0.15, 0.2) is 41.3 Å². The van der Waals surface area contributed by atoms with Gasteiger partial charge in [-0.15, -0.1) is 0 Å². The smallest absolute Gasteiger partial charge is 0.354 e. The van der Waals surface area contributed by atoms with E-state index in [9.17, 15) is 19.2 Å². The van der Waals surface area contributed by atoms with Crippen LogP contribution in [0.25, 0.3) is 5.69 Å². The van der Waals surface area contributed by atoms with Crippen molar-refractivity contribution in [2.24, 2.45) is 35.0 Å². The zero-order chi connectivity index (χ0) is 29.0. The van der Waals surface area contributed by atoms with Crippen LogP contribution in [0.3, 0.4) is 0 Å². The molecule has 8 N–H and O–H groups in total. The van der Waals surface area contributed by atoms with E-state index in [0.717, 1.165) is 13.1 Å². The number of hydrogen-bond acceptors (Lipinski definition) is 9. The van der Waals surface area contributed by atoms with Crippen LogP contribution >= 0.6 is 0 Å². The summed E-state index contributed by atoms with van der Waals surface area (Å²) in [6, 6.07) is 7.85. The fourth-order valence-corrected chi connectivity index (χ4v) is 5.36. The molecule has 1 saturated carbocycles. The first-order chi connectivity index (χ1) is 19.0. The SMILES string of the molecule is CC(C)(N)C(=O)N(CCNC=O)CCNc1ccn(-c2ccc(C(N)C(=O)N3CC4C(CN)C4C3)cc2)c(=O)n1. The minimum Gasteiger partial charge on any atom is -0.368 e. The van der Waals surface area contributed by atoms with E-state index in [0.29, 0.717) is 74.0 Å². The highest BCUT2D eigenvalue weighted by molar-refractivity contribution is 5.85. The van der Waals surface area contributed by atoms with Gasteiger partial charge >= 0.3 is 5.69 Å². The van der Waals surface area contributed by atoms with E-state index in [1.165, 1.54) is 4.57 Å². The van der Waals surface area contributed by atoms with Gasteiger partial charge < -0.3 is 37.6 Å². The topological polar surface area (TPSA) is 195 Å². The molecule has 2 aromatic rings. The predicted octanol–water partition coefficient (Wildman–Crippen LogP) is -1.38. The molecule has 2 fully saturated rings. The summed E-state index contributed by atoms with van der Waals surface area (Å²) in [7, 11) is 0. The number of rotatable bonds is 13. The maximum atomic E-state index is 12.9. The highest BCUT2D eigenvalue weighted by Crippen LogP contribution is 2.51. The average molecular weight is 554 g/mol. The van der Waals surface area contributed by atoms with Crippen LogP contribution in [0.1, 0.15) is 25.5 Å². The Labute approximate surface area is 233 Å². The van der Waals surface area contributed by atoms with E-state index in [1.54, 1.807) is 55.3 Å². The average Bonchev–Trinajstić information content (AvgIpc) is 3.40. The third kappa shape index (κ3) is 6.49. The summed E-state index contributed by atoms with van der Waals surface area (Å²) < 4.78 is 1.39. The van der Waals surface area contributed by atoms with Crippen LogP contribution in [-0.2, 0) is 14.4 Å². The molecule has 3 atom stereocenters.